The molecule has 0 aliphatic heterocycles. The number of urea groups is 1. The van der Waals surface area contributed by atoms with Crippen molar-refractivity contribution in [2.45, 2.75) is 33.9 Å². The molecule has 0 atom stereocenters. The molecule has 0 saturated carbocycles. The van der Waals surface area contributed by atoms with E-state index in [9.17, 15) is 9.36 Å². The molecule has 2 N–H and O–H groups in total. The molecule has 146 valence electrons. The van der Waals surface area contributed by atoms with E-state index in [0.717, 1.165) is 22.4 Å². The van der Waals surface area contributed by atoms with Crippen LogP contribution in [0.3, 0.4) is 0 Å². The fourth-order valence-electron chi connectivity index (χ4n) is 2.68. The molecule has 2 amide bonds. The molecule has 0 aromatic heterocycles. The lowest BCUT2D eigenvalue weighted by molar-refractivity contribution is 0.219. The largest absolute Gasteiger partial charge is 0.335 e. The number of rotatable bonds is 8. The lowest BCUT2D eigenvalue weighted by Gasteiger charge is -2.17. The Morgan fingerprint density at radius 1 is 0.963 bits per heavy atom. The van der Waals surface area contributed by atoms with Gasteiger partial charge in [-0.25, -0.2) is 4.79 Å². The zero-order valence-electron chi connectivity index (χ0n) is 16.2. The summed E-state index contributed by atoms with van der Waals surface area (Å²) in [4.78, 5) is 12.2. The average Bonchev–Trinajstić information content (AvgIpc) is 2.59. The maximum atomic E-state index is 12.6. The van der Waals surface area contributed by atoms with Gasteiger partial charge in [-0.1, -0.05) is 29.8 Å². The molecule has 0 saturated heterocycles. The van der Waals surface area contributed by atoms with Gasteiger partial charge in [-0.2, -0.15) is 0 Å². The van der Waals surface area contributed by atoms with E-state index in [1.54, 1.807) is 38.1 Å². The van der Waals surface area contributed by atoms with E-state index in [-0.39, 0.29) is 12.2 Å². The molecule has 0 fully saturated rings. The summed E-state index contributed by atoms with van der Waals surface area (Å²) in [7, 11) is -3.14. The second-order valence-electron chi connectivity index (χ2n) is 6.20. The van der Waals surface area contributed by atoms with Gasteiger partial charge < -0.3 is 19.7 Å². The van der Waals surface area contributed by atoms with Gasteiger partial charge in [0, 0.05) is 11.4 Å². The maximum Gasteiger partial charge on any atom is 0.335 e. The summed E-state index contributed by atoms with van der Waals surface area (Å²) in [5.41, 5.74) is 4.38. The third kappa shape index (κ3) is 6.51. The van der Waals surface area contributed by atoms with Gasteiger partial charge >= 0.3 is 13.6 Å². The topological polar surface area (TPSA) is 76.7 Å². The maximum absolute atomic E-state index is 12.6. The van der Waals surface area contributed by atoms with Gasteiger partial charge in [0.2, 0.25) is 0 Å². The molecule has 0 unspecified atom stereocenters. The molecule has 0 aliphatic rings. The summed E-state index contributed by atoms with van der Waals surface area (Å²) >= 11 is 0. The summed E-state index contributed by atoms with van der Waals surface area (Å²) < 4.78 is 23.2. The summed E-state index contributed by atoms with van der Waals surface area (Å²) in [6, 6.07) is 12.7. The molecular weight excluding hydrogens is 363 g/mol. The second-order valence-corrected chi connectivity index (χ2v) is 8.25. The SMILES string of the molecule is CCOP(=O)(Cc1ccc(NC(=O)Nc2ccc(C)cc2C)cc1)OCC. The van der Waals surface area contributed by atoms with E-state index < -0.39 is 7.60 Å². The highest BCUT2D eigenvalue weighted by molar-refractivity contribution is 7.53. The van der Waals surface area contributed by atoms with Crippen molar-refractivity contribution in [3.05, 3.63) is 59.2 Å². The van der Waals surface area contributed by atoms with Crippen molar-refractivity contribution in [3.63, 3.8) is 0 Å². The van der Waals surface area contributed by atoms with Crippen LogP contribution in [0.15, 0.2) is 42.5 Å². The van der Waals surface area contributed by atoms with Crippen molar-refractivity contribution in [3.8, 4) is 0 Å². The standard InChI is InChI=1S/C20H27N2O4P/c1-5-25-27(24,26-6-2)14-17-8-10-18(11-9-17)21-20(23)22-19-12-7-15(3)13-16(19)4/h7-13H,5-6,14H2,1-4H3,(H2,21,22,23). The van der Waals surface area contributed by atoms with Crippen molar-refractivity contribution in [1.82, 2.24) is 0 Å². The molecule has 0 heterocycles. The van der Waals surface area contributed by atoms with Crippen LogP contribution in [0.25, 0.3) is 0 Å². The van der Waals surface area contributed by atoms with E-state index in [1.165, 1.54) is 0 Å². The highest BCUT2D eigenvalue weighted by Crippen LogP contribution is 2.51. The molecule has 0 bridgehead atoms. The van der Waals surface area contributed by atoms with Gasteiger partial charge in [0.25, 0.3) is 0 Å². The predicted octanol–water partition coefficient (Wildman–Crippen LogP) is 5.71. The molecule has 2 aromatic rings. The number of anilines is 2. The lowest BCUT2D eigenvalue weighted by atomic mass is 10.1. The molecule has 0 radical (unpaired) electrons. The number of aryl methyl sites for hydroxylation is 2. The van der Waals surface area contributed by atoms with E-state index in [4.69, 9.17) is 9.05 Å². The molecule has 0 aliphatic carbocycles. The van der Waals surface area contributed by atoms with Crippen LogP contribution in [-0.4, -0.2) is 19.2 Å². The number of benzene rings is 2. The number of hydrogen-bond donors (Lipinski definition) is 2. The quantitative estimate of drug-likeness (QED) is 0.566. The minimum Gasteiger partial charge on any atom is -0.309 e. The van der Waals surface area contributed by atoms with Crippen molar-refractivity contribution >= 4 is 25.0 Å². The summed E-state index contributed by atoms with van der Waals surface area (Å²) in [5, 5.41) is 5.63. The van der Waals surface area contributed by atoms with Crippen LogP contribution in [0, 0.1) is 13.8 Å². The Morgan fingerprint density at radius 3 is 2.15 bits per heavy atom. The molecule has 7 heteroatoms. The molecule has 6 nitrogen and oxygen atoms in total. The van der Waals surface area contributed by atoms with Crippen LogP contribution in [0.5, 0.6) is 0 Å². The third-order valence-electron chi connectivity index (χ3n) is 3.87. The number of hydrogen-bond acceptors (Lipinski definition) is 4. The van der Waals surface area contributed by atoms with Crippen LogP contribution in [0.4, 0.5) is 16.2 Å². The average molecular weight is 390 g/mol. The van der Waals surface area contributed by atoms with Crippen LogP contribution in [0.2, 0.25) is 0 Å². The molecule has 2 aromatic carbocycles. The fourth-order valence-corrected chi connectivity index (χ4v) is 4.38. The smallest absolute Gasteiger partial charge is 0.309 e. The Labute approximate surface area is 160 Å². The first-order chi connectivity index (χ1) is 12.8. The van der Waals surface area contributed by atoms with Crippen LogP contribution in [-0.2, 0) is 19.8 Å². The number of carbonyl (C=O) groups excluding carboxylic acids is 1. The second kappa shape index (κ2) is 9.70. The van der Waals surface area contributed by atoms with E-state index >= 15 is 0 Å². The molecule has 0 spiro atoms. The van der Waals surface area contributed by atoms with Crippen molar-refractivity contribution in [2.75, 3.05) is 23.8 Å². The summed E-state index contributed by atoms with van der Waals surface area (Å²) in [5.74, 6) is 0. The van der Waals surface area contributed by atoms with E-state index in [0.29, 0.717) is 18.9 Å². The van der Waals surface area contributed by atoms with E-state index in [1.807, 2.05) is 32.0 Å². The van der Waals surface area contributed by atoms with E-state index in [2.05, 4.69) is 10.6 Å². The third-order valence-corrected chi connectivity index (χ3v) is 5.93. The summed E-state index contributed by atoms with van der Waals surface area (Å²) in [6.07, 6.45) is 0.198. The molecule has 2 rings (SSSR count). The van der Waals surface area contributed by atoms with Crippen molar-refractivity contribution in [2.24, 2.45) is 0 Å². The van der Waals surface area contributed by atoms with Gasteiger partial charge in [0.15, 0.2) is 0 Å². The Kier molecular flexibility index (Phi) is 7.60. The first-order valence-electron chi connectivity index (χ1n) is 8.97. The molecular formula is C20H27N2O4P. The minimum absolute atomic E-state index is 0.198. The Bertz CT molecular complexity index is 811. The monoisotopic (exact) mass is 390 g/mol. The van der Waals surface area contributed by atoms with Crippen molar-refractivity contribution < 1.29 is 18.4 Å². The fraction of sp³-hybridized carbons (Fsp3) is 0.350. The van der Waals surface area contributed by atoms with Gasteiger partial charge in [-0.05, 0) is 57.0 Å². The number of nitrogens with one attached hydrogen (secondary N) is 2. The van der Waals surface area contributed by atoms with Crippen molar-refractivity contribution in [1.29, 1.82) is 0 Å². The first-order valence-corrected chi connectivity index (χ1v) is 10.7. The number of amides is 2. The minimum atomic E-state index is -3.14. The van der Waals surface area contributed by atoms with Crippen LogP contribution < -0.4 is 10.6 Å². The first kappa shape index (κ1) is 21.2. The van der Waals surface area contributed by atoms with Gasteiger partial charge in [-0.15, -0.1) is 0 Å². The normalized spacial score (nSPS) is 11.3. The Balaban J connectivity index is 1.98. The van der Waals surface area contributed by atoms with Gasteiger partial charge in [0.05, 0.1) is 19.4 Å². The number of carbonyl (C=O) groups is 1. The van der Waals surface area contributed by atoms with Gasteiger partial charge in [0.1, 0.15) is 0 Å². The van der Waals surface area contributed by atoms with Crippen LogP contribution in [0.1, 0.15) is 30.5 Å². The summed E-state index contributed by atoms with van der Waals surface area (Å²) in [6.45, 7) is 8.19. The Morgan fingerprint density at radius 2 is 1.59 bits per heavy atom. The lowest BCUT2D eigenvalue weighted by Crippen LogP contribution is -2.20. The highest BCUT2D eigenvalue weighted by Gasteiger charge is 2.23. The highest BCUT2D eigenvalue weighted by atomic mass is 31.2. The predicted molar refractivity (Wildman–Crippen MR) is 110 cm³/mol. The zero-order chi connectivity index (χ0) is 19.9. The van der Waals surface area contributed by atoms with Gasteiger partial charge in [-0.3, -0.25) is 4.57 Å². The van der Waals surface area contributed by atoms with Crippen LogP contribution >= 0.6 is 7.60 Å². The Hall–Kier alpha value is -2.14. The zero-order valence-corrected chi connectivity index (χ0v) is 17.1. The molecule has 27 heavy (non-hydrogen) atoms.